The molecule has 7 nitrogen and oxygen atoms in total. The van der Waals surface area contributed by atoms with E-state index in [1.54, 1.807) is 6.92 Å². The zero-order chi connectivity index (χ0) is 19.6. The van der Waals surface area contributed by atoms with E-state index in [1.165, 1.54) is 0 Å². The van der Waals surface area contributed by atoms with Gasteiger partial charge >= 0.3 is 5.97 Å². The van der Waals surface area contributed by atoms with Gasteiger partial charge in [0.2, 0.25) is 15.9 Å². The second-order valence-corrected chi connectivity index (χ2v) is 7.21. The zero-order valence-electron chi connectivity index (χ0n) is 14.2. The van der Waals surface area contributed by atoms with E-state index >= 15 is 0 Å². The molecule has 0 aliphatic heterocycles. The molecule has 27 heavy (non-hydrogen) atoms. The van der Waals surface area contributed by atoms with Crippen molar-refractivity contribution in [2.75, 3.05) is 0 Å². The summed E-state index contributed by atoms with van der Waals surface area (Å²) in [6, 6.07) is 11.8. The van der Waals surface area contributed by atoms with Crippen LogP contribution in [-0.4, -0.2) is 19.4 Å². The number of nitrogens with two attached hydrogens (primary N) is 1. The number of aromatic nitrogens is 1. The summed E-state index contributed by atoms with van der Waals surface area (Å²) in [4.78, 5) is 16.0. The van der Waals surface area contributed by atoms with Crippen molar-refractivity contribution in [2.24, 2.45) is 5.14 Å². The molecule has 0 aliphatic carbocycles. The number of halogens is 1. The lowest BCUT2D eigenvalue weighted by atomic mass is 10.2. The van der Waals surface area contributed by atoms with Crippen molar-refractivity contribution in [1.82, 2.24) is 4.98 Å². The lowest BCUT2D eigenvalue weighted by Crippen LogP contribution is -2.15. The number of nitrogens with zero attached hydrogens (tertiary/aromatic N) is 1. The highest BCUT2D eigenvalue weighted by Gasteiger charge is 2.19. The molecule has 0 saturated carbocycles. The Morgan fingerprint density at radius 2 is 1.93 bits per heavy atom. The number of rotatable bonds is 5. The number of oxazole rings is 1. The first-order chi connectivity index (χ1) is 12.8. The molecule has 0 aliphatic rings. The number of primary sulfonamides is 1. The fourth-order valence-corrected chi connectivity index (χ4v) is 2.86. The van der Waals surface area contributed by atoms with Gasteiger partial charge in [-0.3, -0.25) is 0 Å². The first-order valence-corrected chi connectivity index (χ1v) is 9.31. The predicted molar refractivity (Wildman–Crippen MR) is 93.6 cm³/mol. The van der Waals surface area contributed by atoms with Crippen molar-refractivity contribution in [3.8, 4) is 11.5 Å². The highest BCUT2D eigenvalue weighted by molar-refractivity contribution is 7.89. The lowest BCUT2D eigenvalue weighted by molar-refractivity contribution is 0.0461. The fourth-order valence-electron chi connectivity index (χ4n) is 2.32. The molecule has 0 atom stereocenters. The van der Waals surface area contributed by atoms with E-state index in [4.69, 9.17) is 14.3 Å². The Hall–Kier alpha value is -3.04. The average molecular weight is 390 g/mol. The van der Waals surface area contributed by atoms with Crippen LogP contribution in [0.1, 0.15) is 21.8 Å². The summed E-state index contributed by atoms with van der Waals surface area (Å²) < 4.78 is 47.2. The molecule has 1 heterocycles. The van der Waals surface area contributed by atoms with Crippen molar-refractivity contribution < 1.29 is 26.8 Å². The topological polar surface area (TPSA) is 112 Å². The number of sulfonamides is 1. The van der Waals surface area contributed by atoms with E-state index in [0.717, 1.165) is 23.8 Å². The Morgan fingerprint density at radius 3 is 2.59 bits per heavy atom. The Morgan fingerprint density at radius 1 is 1.22 bits per heavy atom. The lowest BCUT2D eigenvalue weighted by Gasteiger charge is -2.06. The molecule has 0 unspecified atom stereocenters. The van der Waals surface area contributed by atoms with Crippen LogP contribution in [0.2, 0.25) is 0 Å². The van der Waals surface area contributed by atoms with Gasteiger partial charge in [0.15, 0.2) is 0 Å². The average Bonchev–Trinajstić information content (AvgIpc) is 3.00. The van der Waals surface area contributed by atoms with Gasteiger partial charge < -0.3 is 9.15 Å². The summed E-state index contributed by atoms with van der Waals surface area (Å²) in [5.41, 5.74) is 0.584. The number of carbonyl (C=O) groups excluding carboxylic acids is 1. The minimum Gasteiger partial charge on any atom is -0.455 e. The number of ether oxygens (including phenoxy) is 1. The van der Waals surface area contributed by atoms with Gasteiger partial charge in [0, 0.05) is 5.56 Å². The van der Waals surface area contributed by atoms with Crippen LogP contribution in [0.15, 0.2) is 57.8 Å². The third-order valence-electron chi connectivity index (χ3n) is 3.74. The SMILES string of the molecule is Cc1oc(-c2ccccc2)nc1COC(=O)c1cc(S(N)(=O)=O)ccc1F. The molecule has 2 N–H and O–H groups in total. The van der Waals surface area contributed by atoms with Crippen LogP contribution in [0.3, 0.4) is 0 Å². The molecule has 2 aromatic carbocycles. The third-order valence-corrected chi connectivity index (χ3v) is 4.65. The van der Waals surface area contributed by atoms with Crippen LogP contribution in [0, 0.1) is 12.7 Å². The maximum absolute atomic E-state index is 13.9. The molecule has 1 aromatic heterocycles. The van der Waals surface area contributed by atoms with Gasteiger partial charge in [-0.1, -0.05) is 18.2 Å². The first kappa shape index (κ1) is 18.7. The standard InChI is InChI=1S/C18H15FN2O5S/c1-11-16(21-17(26-11)12-5-3-2-4-6-12)10-25-18(22)14-9-13(27(20,23)24)7-8-15(14)19/h2-9H,10H2,1H3,(H2,20,23,24). The molecule has 9 heteroatoms. The van der Waals surface area contributed by atoms with E-state index in [2.05, 4.69) is 4.98 Å². The minimum absolute atomic E-state index is 0.264. The summed E-state index contributed by atoms with van der Waals surface area (Å²) in [5.74, 6) is -1.15. The van der Waals surface area contributed by atoms with Crippen LogP contribution in [-0.2, 0) is 21.4 Å². The molecule has 0 spiro atoms. The maximum Gasteiger partial charge on any atom is 0.341 e. The van der Waals surface area contributed by atoms with Gasteiger partial charge in [0.25, 0.3) is 0 Å². The zero-order valence-corrected chi connectivity index (χ0v) is 15.0. The van der Waals surface area contributed by atoms with Gasteiger partial charge in [-0.05, 0) is 37.3 Å². The first-order valence-electron chi connectivity index (χ1n) is 7.77. The van der Waals surface area contributed by atoms with Crippen LogP contribution < -0.4 is 5.14 Å². The number of carbonyl (C=O) groups is 1. The Bertz CT molecular complexity index is 1090. The summed E-state index contributed by atoms with van der Waals surface area (Å²) in [6.45, 7) is 1.39. The summed E-state index contributed by atoms with van der Waals surface area (Å²) >= 11 is 0. The number of hydrogen-bond donors (Lipinski definition) is 1. The third kappa shape index (κ3) is 4.21. The molecular formula is C18H15FN2O5S. The second-order valence-electron chi connectivity index (χ2n) is 5.65. The summed E-state index contributed by atoms with van der Waals surface area (Å²) in [7, 11) is -4.08. The molecule has 0 fully saturated rings. The van der Waals surface area contributed by atoms with Crippen LogP contribution >= 0.6 is 0 Å². The normalized spacial score (nSPS) is 11.4. The minimum atomic E-state index is -4.08. The highest BCUT2D eigenvalue weighted by atomic mass is 32.2. The smallest absolute Gasteiger partial charge is 0.341 e. The Labute approximate surface area is 154 Å². The molecule has 0 amide bonds. The number of esters is 1. The van der Waals surface area contributed by atoms with E-state index < -0.39 is 27.4 Å². The Kier molecular flexibility index (Phi) is 5.06. The molecule has 0 bridgehead atoms. The van der Waals surface area contributed by atoms with Crippen LogP contribution in [0.5, 0.6) is 0 Å². The van der Waals surface area contributed by atoms with E-state index in [1.807, 2.05) is 30.3 Å². The van der Waals surface area contributed by atoms with Crippen LogP contribution in [0.25, 0.3) is 11.5 Å². The van der Waals surface area contributed by atoms with Gasteiger partial charge in [0.1, 0.15) is 23.9 Å². The quantitative estimate of drug-likeness (QED) is 0.671. The molecular weight excluding hydrogens is 375 g/mol. The number of benzene rings is 2. The van der Waals surface area contributed by atoms with Crippen molar-refractivity contribution in [3.05, 3.63) is 71.4 Å². The van der Waals surface area contributed by atoms with E-state index in [9.17, 15) is 17.6 Å². The van der Waals surface area contributed by atoms with E-state index in [0.29, 0.717) is 17.3 Å². The second kappa shape index (κ2) is 7.29. The highest BCUT2D eigenvalue weighted by Crippen LogP contribution is 2.22. The monoisotopic (exact) mass is 390 g/mol. The number of hydrogen-bond acceptors (Lipinski definition) is 6. The largest absolute Gasteiger partial charge is 0.455 e. The van der Waals surface area contributed by atoms with Gasteiger partial charge in [-0.25, -0.2) is 27.7 Å². The fraction of sp³-hybridized carbons (Fsp3) is 0.111. The molecule has 140 valence electrons. The summed E-state index contributed by atoms with van der Waals surface area (Å²) in [5, 5.41) is 4.99. The summed E-state index contributed by atoms with van der Waals surface area (Å²) in [6.07, 6.45) is 0. The van der Waals surface area contributed by atoms with Gasteiger partial charge in [-0.15, -0.1) is 0 Å². The van der Waals surface area contributed by atoms with Crippen molar-refractivity contribution in [3.63, 3.8) is 0 Å². The number of aryl methyl sites for hydroxylation is 1. The molecule has 0 radical (unpaired) electrons. The van der Waals surface area contributed by atoms with Gasteiger partial charge in [0.05, 0.1) is 10.5 Å². The molecule has 0 saturated heterocycles. The van der Waals surface area contributed by atoms with Crippen molar-refractivity contribution in [1.29, 1.82) is 0 Å². The van der Waals surface area contributed by atoms with E-state index in [-0.39, 0.29) is 11.5 Å². The molecule has 3 aromatic rings. The van der Waals surface area contributed by atoms with Crippen molar-refractivity contribution >= 4 is 16.0 Å². The molecule has 3 rings (SSSR count). The van der Waals surface area contributed by atoms with Crippen molar-refractivity contribution in [2.45, 2.75) is 18.4 Å². The van der Waals surface area contributed by atoms with Crippen LogP contribution in [0.4, 0.5) is 4.39 Å². The Balaban J connectivity index is 1.78. The maximum atomic E-state index is 13.9. The predicted octanol–water partition coefficient (Wildman–Crippen LogP) is 2.79. The van der Waals surface area contributed by atoms with Gasteiger partial charge in [-0.2, -0.15) is 0 Å².